The van der Waals surface area contributed by atoms with Gasteiger partial charge in [-0.05, 0) is 29.8 Å². The standard InChI is InChI=1S/C23H23FN6O2/c1-31-22-21-17(14-4-5-19-15(9-14)3-2-7-25-19)6-8-30(21)28-23(27-22)26-20-11-29(10-18(20)24)16-12-32-13-16/h2-9,16,18,20H,10-13H2,1H3,(H,26,28)/t18-,20+/m1/s1. The number of anilines is 1. The normalized spacial score (nSPS) is 21.8. The predicted molar refractivity (Wildman–Crippen MR) is 119 cm³/mol. The first-order valence-corrected chi connectivity index (χ1v) is 10.7. The fourth-order valence-corrected chi connectivity index (χ4v) is 4.50. The van der Waals surface area contributed by atoms with Crippen molar-refractivity contribution in [3.05, 3.63) is 48.8 Å². The maximum atomic E-state index is 14.7. The van der Waals surface area contributed by atoms with E-state index in [-0.39, 0.29) is 6.04 Å². The van der Waals surface area contributed by atoms with Crippen LogP contribution in [0, 0.1) is 0 Å². The molecule has 2 saturated heterocycles. The number of halogens is 1. The number of rotatable bonds is 5. The average Bonchev–Trinajstić information content (AvgIpc) is 3.35. The van der Waals surface area contributed by atoms with Crippen molar-refractivity contribution < 1.29 is 13.9 Å². The summed E-state index contributed by atoms with van der Waals surface area (Å²) in [6, 6.07) is 12.0. The van der Waals surface area contributed by atoms with E-state index in [9.17, 15) is 4.39 Å². The van der Waals surface area contributed by atoms with Crippen LogP contribution >= 0.6 is 0 Å². The van der Waals surface area contributed by atoms with Crippen molar-refractivity contribution in [1.82, 2.24) is 24.5 Å². The number of aromatic nitrogens is 4. The topological polar surface area (TPSA) is 76.8 Å². The van der Waals surface area contributed by atoms with E-state index in [1.807, 2.05) is 36.5 Å². The van der Waals surface area contributed by atoms with Crippen molar-refractivity contribution in [2.45, 2.75) is 18.3 Å². The highest BCUT2D eigenvalue weighted by molar-refractivity contribution is 5.90. The first-order valence-electron chi connectivity index (χ1n) is 10.7. The third kappa shape index (κ3) is 3.25. The molecule has 2 fully saturated rings. The number of nitrogens with zero attached hydrogens (tertiary/aromatic N) is 5. The van der Waals surface area contributed by atoms with Crippen LogP contribution in [0.4, 0.5) is 10.3 Å². The molecule has 9 heteroatoms. The second kappa shape index (κ2) is 7.68. The number of methoxy groups -OCH3 is 1. The van der Waals surface area contributed by atoms with Crippen molar-refractivity contribution in [2.24, 2.45) is 0 Å². The van der Waals surface area contributed by atoms with E-state index >= 15 is 0 Å². The molecule has 8 nitrogen and oxygen atoms in total. The van der Waals surface area contributed by atoms with Gasteiger partial charge in [0.05, 0.1) is 37.9 Å². The number of hydrogen-bond acceptors (Lipinski definition) is 7. The smallest absolute Gasteiger partial charge is 0.244 e. The van der Waals surface area contributed by atoms with Crippen molar-refractivity contribution >= 4 is 22.4 Å². The van der Waals surface area contributed by atoms with Crippen LogP contribution in [0.2, 0.25) is 0 Å². The second-order valence-corrected chi connectivity index (χ2v) is 8.29. The molecule has 2 aliphatic rings. The Hall–Kier alpha value is -3.30. The van der Waals surface area contributed by atoms with E-state index in [0.29, 0.717) is 44.2 Å². The zero-order valence-corrected chi connectivity index (χ0v) is 17.6. The van der Waals surface area contributed by atoms with Crippen LogP contribution in [0.5, 0.6) is 5.88 Å². The Labute approximate surface area is 184 Å². The van der Waals surface area contributed by atoms with Crippen molar-refractivity contribution in [2.75, 3.05) is 38.7 Å². The first-order chi connectivity index (χ1) is 15.7. The van der Waals surface area contributed by atoms with Crippen molar-refractivity contribution in [3.63, 3.8) is 0 Å². The van der Waals surface area contributed by atoms with Gasteiger partial charge < -0.3 is 14.8 Å². The number of hydrogen-bond donors (Lipinski definition) is 1. The highest BCUT2D eigenvalue weighted by atomic mass is 19.1. The summed E-state index contributed by atoms with van der Waals surface area (Å²) in [4.78, 5) is 11.1. The summed E-state index contributed by atoms with van der Waals surface area (Å²) in [7, 11) is 1.58. The van der Waals surface area contributed by atoms with Crippen LogP contribution in [0.15, 0.2) is 48.8 Å². The Morgan fingerprint density at radius 3 is 2.91 bits per heavy atom. The van der Waals surface area contributed by atoms with Gasteiger partial charge in [0.15, 0.2) is 0 Å². The molecule has 5 heterocycles. The van der Waals surface area contributed by atoms with Gasteiger partial charge in [0.1, 0.15) is 11.7 Å². The highest BCUT2D eigenvalue weighted by Crippen LogP contribution is 2.33. The van der Waals surface area contributed by atoms with Gasteiger partial charge in [-0.15, -0.1) is 5.10 Å². The third-order valence-electron chi connectivity index (χ3n) is 6.31. The summed E-state index contributed by atoms with van der Waals surface area (Å²) < 4.78 is 27.2. The molecule has 164 valence electrons. The van der Waals surface area contributed by atoms with E-state index in [0.717, 1.165) is 27.5 Å². The van der Waals surface area contributed by atoms with Gasteiger partial charge in [-0.2, -0.15) is 4.98 Å². The highest BCUT2D eigenvalue weighted by Gasteiger charge is 2.39. The molecule has 1 N–H and O–H groups in total. The number of fused-ring (bicyclic) bond motifs is 2. The van der Waals surface area contributed by atoms with Gasteiger partial charge in [0.25, 0.3) is 0 Å². The van der Waals surface area contributed by atoms with Crippen LogP contribution < -0.4 is 10.1 Å². The lowest BCUT2D eigenvalue weighted by Gasteiger charge is -2.34. The lowest BCUT2D eigenvalue weighted by atomic mass is 10.0. The molecule has 3 aromatic heterocycles. The Kier molecular flexibility index (Phi) is 4.65. The second-order valence-electron chi connectivity index (χ2n) is 8.29. The molecule has 0 amide bonds. The molecule has 0 unspecified atom stereocenters. The van der Waals surface area contributed by atoms with Gasteiger partial charge in [-0.1, -0.05) is 12.1 Å². The van der Waals surface area contributed by atoms with Crippen molar-refractivity contribution in [3.8, 4) is 17.0 Å². The summed E-state index contributed by atoms with van der Waals surface area (Å²) in [5, 5.41) is 8.82. The number of alkyl halides is 1. The monoisotopic (exact) mass is 434 g/mol. The Balaban J connectivity index is 1.32. The quantitative estimate of drug-likeness (QED) is 0.518. The van der Waals surface area contributed by atoms with Gasteiger partial charge in [0.2, 0.25) is 11.8 Å². The summed E-state index contributed by atoms with van der Waals surface area (Å²) in [6.45, 7) is 2.34. The number of nitrogens with one attached hydrogen (secondary N) is 1. The number of benzene rings is 1. The van der Waals surface area contributed by atoms with E-state index in [4.69, 9.17) is 9.47 Å². The van der Waals surface area contributed by atoms with Crippen LogP contribution in [-0.2, 0) is 4.74 Å². The molecule has 6 rings (SSSR count). The molecule has 1 aromatic carbocycles. The largest absolute Gasteiger partial charge is 0.479 e. The van der Waals surface area contributed by atoms with Crippen LogP contribution in [0.25, 0.3) is 27.5 Å². The van der Waals surface area contributed by atoms with E-state index in [2.05, 4.69) is 31.3 Å². The fraction of sp³-hybridized carbons (Fsp3) is 0.348. The minimum Gasteiger partial charge on any atom is -0.479 e. The summed E-state index contributed by atoms with van der Waals surface area (Å²) in [6.07, 6.45) is 2.66. The number of likely N-dealkylation sites (tertiary alicyclic amines) is 1. The number of ether oxygens (including phenoxy) is 2. The summed E-state index contributed by atoms with van der Waals surface area (Å²) in [5.74, 6) is 0.782. The molecule has 0 radical (unpaired) electrons. The van der Waals surface area contributed by atoms with E-state index in [1.54, 1.807) is 17.8 Å². The molecule has 4 aromatic rings. The Morgan fingerprint density at radius 2 is 2.09 bits per heavy atom. The van der Waals surface area contributed by atoms with Gasteiger partial charge >= 0.3 is 0 Å². The van der Waals surface area contributed by atoms with Crippen LogP contribution in [0.1, 0.15) is 0 Å². The maximum absolute atomic E-state index is 14.7. The molecular formula is C23H23FN6O2. The fourth-order valence-electron chi connectivity index (χ4n) is 4.50. The lowest BCUT2D eigenvalue weighted by Crippen LogP contribution is -2.48. The summed E-state index contributed by atoms with van der Waals surface area (Å²) >= 11 is 0. The van der Waals surface area contributed by atoms with Crippen molar-refractivity contribution in [1.29, 1.82) is 0 Å². The van der Waals surface area contributed by atoms with E-state index in [1.165, 1.54) is 0 Å². The predicted octanol–water partition coefficient (Wildman–Crippen LogP) is 2.79. The molecule has 32 heavy (non-hydrogen) atoms. The van der Waals surface area contributed by atoms with Crippen LogP contribution in [0.3, 0.4) is 0 Å². The molecule has 0 aliphatic carbocycles. The molecule has 0 spiro atoms. The number of pyridine rings is 1. The zero-order valence-electron chi connectivity index (χ0n) is 17.6. The molecule has 0 saturated carbocycles. The molecule has 0 bridgehead atoms. The van der Waals surface area contributed by atoms with Gasteiger partial charge in [0, 0.05) is 36.4 Å². The van der Waals surface area contributed by atoms with Crippen LogP contribution in [-0.4, -0.2) is 76.2 Å². The van der Waals surface area contributed by atoms with Gasteiger partial charge in [-0.25, -0.2) is 8.91 Å². The third-order valence-corrected chi connectivity index (χ3v) is 6.31. The average molecular weight is 434 g/mol. The molecule has 2 atom stereocenters. The lowest BCUT2D eigenvalue weighted by molar-refractivity contribution is -0.0585. The molecular weight excluding hydrogens is 411 g/mol. The zero-order chi connectivity index (χ0) is 21.7. The minimum absolute atomic E-state index is 0.308. The molecule has 2 aliphatic heterocycles. The summed E-state index contributed by atoms with van der Waals surface area (Å²) in [5.41, 5.74) is 3.68. The van der Waals surface area contributed by atoms with E-state index < -0.39 is 6.17 Å². The van der Waals surface area contributed by atoms with Gasteiger partial charge in [-0.3, -0.25) is 9.88 Å². The minimum atomic E-state index is -0.993. The SMILES string of the molecule is COc1nc(N[C@H]2CN(C3COC3)C[C@H]2F)nn2ccc(-c3ccc4ncccc4c3)c12. The first kappa shape index (κ1) is 19.4. The Bertz CT molecular complexity index is 1290. The maximum Gasteiger partial charge on any atom is 0.244 e. The Morgan fingerprint density at radius 1 is 1.19 bits per heavy atom.